The molecule has 0 aromatic carbocycles. The van der Waals surface area contributed by atoms with Gasteiger partial charge < -0.3 is 4.74 Å². The van der Waals surface area contributed by atoms with Crippen LogP contribution in [0.4, 0.5) is 0 Å². The Morgan fingerprint density at radius 2 is 1.06 bits per heavy atom. The highest BCUT2D eigenvalue weighted by Gasteiger charge is 2.24. The highest BCUT2D eigenvalue weighted by atomic mass is 16.5. The fourth-order valence-electron chi connectivity index (χ4n) is 2.44. The molecule has 110 valence electrons. The molecule has 0 spiro atoms. The minimum Gasteiger partial charge on any atom is -0.370 e. The Kier molecular flexibility index (Phi) is 6.92. The highest BCUT2D eigenvalue weighted by molar-refractivity contribution is 4.74. The van der Waals surface area contributed by atoms with E-state index in [9.17, 15) is 0 Å². The fraction of sp³-hybridized carbons (Fsp3) is 1.00. The molecule has 0 saturated heterocycles. The molecule has 0 atom stereocenters. The highest BCUT2D eigenvalue weighted by Crippen LogP contribution is 2.26. The van der Waals surface area contributed by atoms with Gasteiger partial charge in [0.05, 0.1) is 11.2 Å². The second-order valence-corrected chi connectivity index (χ2v) is 8.45. The average molecular weight is 256 g/mol. The maximum absolute atomic E-state index is 6.09. The van der Waals surface area contributed by atoms with Crippen molar-refractivity contribution in [3.8, 4) is 0 Å². The molecular formula is C17H36O. The van der Waals surface area contributed by atoms with Crippen LogP contribution < -0.4 is 0 Å². The number of rotatable bonds is 7. The molecule has 0 rings (SSSR count). The first-order valence-electron chi connectivity index (χ1n) is 7.62. The first-order valence-corrected chi connectivity index (χ1v) is 7.62. The van der Waals surface area contributed by atoms with Crippen LogP contribution >= 0.6 is 0 Å². The fourth-order valence-corrected chi connectivity index (χ4v) is 2.44. The SMILES string of the molecule is CC(C)(C)CCCCCCC(C)(C)OC(C)(C)C. The standard InChI is InChI=1S/C17H36O/c1-15(2,3)13-11-9-10-12-14-17(7,8)18-16(4,5)6/h9-14H2,1-8H3. The van der Waals surface area contributed by atoms with Crippen molar-refractivity contribution in [2.75, 3.05) is 0 Å². The van der Waals surface area contributed by atoms with Gasteiger partial charge in [-0.15, -0.1) is 0 Å². The Labute approximate surface area is 116 Å². The molecular weight excluding hydrogens is 220 g/mol. The van der Waals surface area contributed by atoms with Crippen molar-refractivity contribution in [1.82, 2.24) is 0 Å². The zero-order valence-electron chi connectivity index (χ0n) is 14.2. The van der Waals surface area contributed by atoms with Gasteiger partial charge in [-0.25, -0.2) is 0 Å². The molecule has 1 heteroatoms. The van der Waals surface area contributed by atoms with E-state index in [-0.39, 0.29) is 11.2 Å². The lowest BCUT2D eigenvalue weighted by molar-refractivity contribution is -0.116. The molecule has 0 aliphatic heterocycles. The average Bonchev–Trinajstić information content (AvgIpc) is 2.04. The van der Waals surface area contributed by atoms with Gasteiger partial charge >= 0.3 is 0 Å². The minimum absolute atomic E-state index is 0.0161. The van der Waals surface area contributed by atoms with E-state index < -0.39 is 0 Å². The number of hydrogen-bond acceptors (Lipinski definition) is 1. The molecule has 0 aromatic rings. The molecule has 0 saturated carbocycles. The van der Waals surface area contributed by atoms with Crippen LogP contribution in [0.2, 0.25) is 0 Å². The zero-order valence-corrected chi connectivity index (χ0v) is 14.2. The van der Waals surface area contributed by atoms with Crippen LogP contribution in [0.5, 0.6) is 0 Å². The molecule has 0 aliphatic rings. The summed E-state index contributed by atoms with van der Waals surface area (Å²) in [4.78, 5) is 0. The van der Waals surface area contributed by atoms with Gasteiger partial charge in [0.15, 0.2) is 0 Å². The lowest BCUT2D eigenvalue weighted by atomic mass is 9.89. The lowest BCUT2D eigenvalue weighted by Crippen LogP contribution is -2.34. The first-order chi connectivity index (χ1) is 7.91. The van der Waals surface area contributed by atoms with Gasteiger partial charge in [0.25, 0.3) is 0 Å². The molecule has 0 aromatic heterocycles. The van der Waals surface area contributed by atoms with Crippen LogP contribution in [0.15, 0.2) is 0 Å². The summed E-state index contributed by atoms with van der Waals surface area (Å²) in [6.45, 7) is 17.8. The second-order valence-electron chi connectivity index (χ2n) is 8.45. The van der Waals surface area contributed by atoms with Crippen LogP contribution in [-0.2, 0) is 4.74 Å². The first kappa shape index (κ1) is 18.0. The van der Waals surface area contributed by atoms with Gasteiger partial charge in [-0.05, 0) is 52.9 Å². The van der Waals surface area contributed by atoms with E-state index in [1.54, 1.807) is 0 Å². The molecule has 0 fully saturated rings. The third-order valence-corrected chi connectivity index (χ3v) is 3.04. The van der Waals surface area contributed by atoms with Crippen LogP contribution in [0.1, 0.15) is 93.9 Å². The van der Waals surface area contributed by atoms with Crippen molar-refractivity contribution in [2.24, 2.45) is 5.41 Å². The second kappa shape index (κ2) is 6.93. The third-order valence-electron chi connectivity index (χ3n) is 3.04. The summed E-state index contributed by atoms with van der Waals surface area (Å²) in [6.07, 6.45) is 7.86. The monoisotopic (exact) mass is 256 g/mol. The van der Waals surface area contributed by atoms with Gasteiger partial charge in [0.2, 0.25) is 0 Å². The molecule has 1 nitrogen and oxygen atoms in total. The van der Waals surface area contributed by atoms with Crippen LogP contribution in [0.3, 0.4) is 0 Å². The van der Waals surface area contributed by atoms with Gasteiger partial charge in [-0.3, -0.25) is 0 Å². The molecule has 0 bridgehead atoms. The third kappa shape index (κ3) is 12.4. The zero-order chi connectivity index (χ0) is 14.4. The Hall–Kier alpha value is -0.0400. The summed E-state index contributed by atoms with van der Waals surface area (Å²) in [5.74, 6) is 0. The Morgan fingerprint density at radius 3 is 1.44 bits per heavy atom. The van der Waals surface area contributed by atoms with E-state index in [0.29, 0.717) is 5.41 Å². The molecule has 0 unspecified atom stereocenters. The van der Waals surface area contributed by atoms with E-state index >= 15 is 0 Å². The van der Waals surface area contributed by atoms with Gasteiger partial charge in [-0.1, -0.05) is 46.5 Å². The molecule has 0 amide bonds. The normalized spacial score (nSPS) is 14.0. The Balaban J connectivity index is 3.66. The molecule has 0 radical (unpaired) electrons. The number of hydrogen-bond donors (Lipinski definition) is 0. The summed E-state index contributed by atoms with van der Waals surface area (Å²) < 4.78 is 6.09. The maximum Gasteiger partial charge on any atom is 0.0633 e. The molecule has 0 N–H and O–H groups in total. The Bertz CT molecular complexity index is 215. The van der Waals surface area contributed by atoms with Crippen molar-refractivity contribution in [1.29, 1.82) is 0 Å². The summed E-state index contributed by atoms with van der Waals surface area (Å²) in [5.41, 5.74) is 0.479. The van der Waals surface area contributed by atoms with E-state index in [4.69, 9.17) is 4.74 Å². The Morgan fingerprint density at radius 1 is 0.611 bits per heavy atom. The topological polar surface area (TPSA) is 9.23 Å². The summed E-state index contributed by atoms with van der Waals surface area (Å²) in [6, 6.07) is 0. The van der Waals surface area contributed by atoms with Crippen LogP contribution in [-0.4, -0.2) is 11.2 Å². The smallest absolute Gasteiger partial charge is 0.0633 e. The number of ether oxygens (including phenoxy) is 1. The van der Waals surface area contributed by atoms with Crippen molar-refractivity contribution in [3.05, 3.63) is 0 Å². The molecule has 0 aliphatic carbocycles. The number of unbranched alkanes of at least 4 members (excludes halogenated alkanes) is 3. The van der Waals surface area contributed by atoms with Crippen LogP contribution in [0.25, 0.3) is 0 Å². The van der Waals surface area contributed by atoms with Crippen molar-refractivity contribution in [2.45, 2.75) is 105 Å². The van der Waals surface area contributed by atoms with Crippen molar-refractivity contribution < 1.29 is 4.74 Å². The van der Waals surface area contributed by atoms with Crippen LogP contribution in [0, 0.1) is 5.41 Å². The molecule has 0 heterocycles. The molecule has 18 heavy (non-hydrogen) atoms. The summed E-state index contributed by atoms with van der Waals surface area (Å²) >= 11 is 0. The van der Waals surface area contributed by atoms with Crippen molar-refractivity contribution >= 4 is 0 Å². The minimum atomic E-state index is -0.0320. The summed E-state index contributed by atoms with van der Waals surface area (Å²) in [7, 11) is 0. The maximum atomic E-state index is 6.09. The van der Waals surface area contributed by atoms with E-state index in [1.807, 2.05) is 0 Å². The predicted molar refractivity (Wildman–Crippen MR) is 82.1 cm³/mol. The van der Waals surface area contributed by atoms with E-state index in [0.717, 1.165) is 0 Å². The van der Waals surface area contributed by atoms with E-state index in [1.165, 1.54) is 38.5 Å². The van der Waals surface area contributed by atoms with Gasteiger partial charge in [-0.2, -0.15) is 0 Å². The van der Waals surface area contributed by atoms with Gasteiger partial charge in [0, 0.05) is 0 Å². The van der Waals surface area contributed by atoms with E-state index in [2.05, 4.69) is 55.4 Å². The van der Waals surface area contributed by atoms with Gasteiger partial charge in [0.1, 0.15) is 0 Å². The predicted octanol–water partition coefficient (Wildman–Crippen LogP) is 5.97. The lowest BCUT2D eigenvalue weighted by Gasteiger charge is -2.34. The quantitative estimate of drug-likeness (QED) is 0.510. The van der Waals surface area contributed by atoms with Crippen molar-refractivity contribution in [3.63, 3.8) is 0 Å². The summed E-state index contributed by atoms with van der Waals surface area (Å²) in [5, 5.41) is 0. The largest absolute Gasteiger partial charge is 0.370 e.